The number of hydrogen-bond acceptors (Lipinski definition) is 4. The molecule has 122 valence electrons. The van der Waals surface area contributed by atoms with E-state index in [2.05, 4.69) is 5.32 Å². The van der Waals surface area contributed by atoms with Crippen LogP contribution < -0.4 is 5.32 Å². The van der Waals surface area contributed by atoms with Crippen LogP contribution in [-0.2, 0) is 14.4 Å². The van der Waals surface area contributed by atoms with Crippen LogP contribution in [0.2, 0.25) is 0 Å². The summed E-state index contributed by atoms with van der Waals surface area (Å²) < 4.78 is 0. The second-order valence-electron chi connectivity index (χ2n) is 5.51. The lowest BCUT2D eigenvalue weighted by molar-refractivity contribution is -0.142. The number of aliphatic carboxylic acids is 3. The molecule has 0 amide bonds. The highest BCUT2D eigenvalue weighted by Gasteiger charge is 2.41. The fourth-order valence-electron chi connectivity index (χ4n) is 2.60. The summed E-state index contributed by atoms with van der Waals surface area (Å²) in [6.45, 7) is 3.73. The van der Waals surface area contributed by atoms with Gasteiger partial charge in [-0.15, -0.1) is 0 Å². The van der Waals surface area contributed by atoms with Gasteiger partial charge in [0.2, 0.25) is 0 Å². The normalized spacial score (nSPS) is 27.0. The second-order valence-corrected chi connectivity index (χ2v) is 5.51. The maximum atomic E-state index is 11.2. The molecule has 0 aromatic carbocycles. The van der Waals surface area contributed by atoms with Crippen molar-refractivity contribution in [2.24, 2.45) is 17.8 Å². The van der Waals surface area contributed by atoms with E-state index < -0.39 is 35.8 Å². The first-order valence-electron chi connectivity index (χ1n) is 6.99. The first-order chi connectivity index (χ1) is 10.2. The summed E-state index contributed by atoms with van der Waals surface area (Å²) in [7, 11) is 0. The predicted molar refractivity (Wildman–Crippen MR) is 78.4 cm³/mol. The molecular formula is C15H21NO6. The van der Waals surface area contributed by atoms with Crippen molar-refractivity contribution in [2.45, 2.75) is 26.3 Å². The SMILES string of the molecule is CC(=CC=C[C@@H](C)C(=O)O)[C@H]1CN[C@H](C(=O)O)[C@H]1CC(=O)O. The number of hydrogen-bond donors (Lipinski definition) is 4. The third-order valence-electron chi connectivity index (χ3n) is 3.91. The average molecular weight is 311 g/mol. The smallest absolute Gasteiger partial charge is 0.321 e. The van der Waals surface area contributed by atoms with Crippen LogP contribution in [0.25, 0.3) is 0 Å². The van der Waals surface area contributed by atoms with Crippen molar-refractivity contribution in [2.75, 3.05) is 6.54 Å². The van der Waals surface area contributed by atoms with Gasteiger partial charge in [0.25, 0.3) is 0 Å². The second kappa shape index (κ2) is 7.74. The van der Waals surface area contributed by atoms with Crippen molar-refractivity contribution < 1.29 is 29.7 Å². The molecule has 4 N–H and O–H groups in total. The van der Waals surface area contributed by atoms with E-state index in [1.165, 1.54) is 6.08 Å². The number of carboxylic acids is 3. The third kappa shape index (κ3) is 4.70. The molecule has 0 bridgehead atoms. The number of allylic oxidation sites excluding steroid dienone is 2. The van der Waals surface area contributed by atoms with Crippen LogP contribution in [0.1, 0.15) is 20.3 Å². The molecule has 1 fully saturated rings. The molecule has 1 saturated heterocycles. The zero-order valence-electron chi connectivity index (χ0n) is 12.5. The topological polar surface area (TPSA) is 124 Å². The first-order valence-corrected chi connectivity index (χ1v) is 6.99. The minimum absolute atomic E-state index is 0.206. The zero-order chi connectivity index (χ0) is 16.9. The molecule has 7 nitrogen and oxygen atoms in total. The van der Waals surface area contributed by atoms with Gasteiger partial charge in [-0.25, -0.2) is 0 Å². The van der Waals surface area contributed by atoms with Gasteiger partial charge >= 0.3 is 17.9 Å². The molecule has 22 heavy (non-hydrogen) atoms. The number of nitrogens with one attached hydrogen (secondary N) is 1. The van der Waals surface area contributed by atoms with Crippen molar-refractivity contribution in [3.8, 4) is 0 Å². The van der Waals surface area contributed by atoms with E-state index in [4.69, 9.17) is 15.3 Å². The van der Waals surface area contributed by atoms with E-state index in [-0.39, 0.29) is 12.3 Å². The number of carbonyl (C=O) groups is 3. The van der Waals surface area contributed by atoms with E-state index in [0.29, 0.717) is 6.54 Å². The summed E-state index contributed by atoms with van der Waals surface area (Å²) in [5.41, 5.74) is 0.830. The highest BCUT2D eigenvalue weighted by molar-refractivity contribution is 5.76. The van der Waals surface area contributed by atoms with Gasteiger partial charge in [0.15, 0.2) is 0 Å². The Bertz CT molecular complexity index is 510. The Kier molecular flexibility index (Phi) is 6.30. The van der Waals surface area contributed by atoms with Crippen molar-refractivity contribution in [1.29, 1.82) is 0 Å². The summed E-state index contributed by atoms with van der Waals surface area (Å²) in [6, 6.07) is -0.883. The van der Waals surface area contributed by atoms with Gasteiger partial charge in [-0.05, 0) is 19.8 Å². The van der Waals surface area contributed by atoms with E-state index in [1.807, 2.05) is 0 Å². The number of rotatable bonds is 7. The van der Waals surface area contributed by atoms with E-state index in [9.17, 15) is 14.4 Å². The molecule has 7 heteroatoms. The van der Waals surface area contributed by atoms with Gasteiger partial charge in [0, 0.05) is 12.5 Å². The first kappa shape index (κ1) is 17.9. The highest BCUT2D eigenvalue weighted by atomic mass is 16.4. The maximum Gasteiger partial charge on any atom is 0.321 e. The Hall–Kier alpha value is -2.15. The lowest BCUT2D eigenvalue weighted by atomic mass is 9.83. The lowest BCUT2D eigenvalue weighted by Crippen LogP contribution is -2.36. The largest absolute Gasteiger partial charge is 0.481 e. The van der Waals surface area contributed by atoms with Crippen LogP contribution in [-0.4, -0.2) is 45.8 Å². The van der Waals surface area contributed by atoms with E-state index in [1.54, 1.807) is 26.0 Å². The summed E-state index contributed by atoms with van der Waals surface area (Å²) in [6.07, 6.45) is 4.62. The van der Waals surface area contributed by atoms with Gasteiger partial charge in [0.05, 0.1) is 12.3 Å². The Balaban J connectivity index is 2.85. The van der Waals surface area contributed by atoms with Crippen molar-refractivity contribution >= 4 is 17.9 Å². The Labute approximate surface area is 128 Å². The Morgan fingerprint density at radius 1 is 1.27 bits per heavy atom. The van der Waals surface area contributed by atoms with Crippen molar-refractivity contribution in [3.05, 3.63) is 23.8 Å². The molecule has 0 radical (unpaired) electrons. The van der Waals surface area contributed by atoms with Crippen LogP contribution in [0.15, 0.2) is 23.8 Å². The van der Waals surface area contributed by atoms with E-state index >= 15 is 0 Å². The highest BCUT2D eigenvalue weighted by Crippen LogP contribution is 2.31. The maximum absolute atomic E-state index is 11.2. The molecule has 1 rings (SSSR count). The van der Waals surface area contributed by atoms with Gasteiger partial charge < -0.3 is 20.6 Å². The van der Waals surface area contributed by atoms with Gasteiger partial charge in [-0.1, -0.05) is 23.8 Å². The van der Waals surface area contributed by atoms with Crippen LogP contribution >= 0.6 is 0 Å². The van der Waals surface area contributed by atoms with Gasteiger partial charge in [0.1, 0.15) is 6.04 Å². The molecular weight excluding hydrogens is 290 g/mol. The summed E-state index contributed by atoms with van der Waals surface area (Å²) in [5, 5.41) is 29.7. The standard InChI is InChI=1S/C15H21NO6/c1-8(4-3-5-9(2)14(19)20)11-7-16-13(15(21)22)10(11)6-12(17)18/h3-5,9-11,13,16H,6-7H2,1-2H3,(H,17,18)(H,19,20)(H,21,22)/t9-,10+,11-,13+/m1/s1. The Morgan fingerprint density at radius 3 is 2.41 bits per heavy atom. The van der Waals surface area contributed by atoms with Crippen LogP contribution in [0.3, 0.4) is 0 Å². The van der Waals surface area contributed by atoms with Crippen LogP contribution in [0, 0.1) is 17.8 Å². The molecule has 0 aromatic rings. The Morgan fingerprint density at radius 2 is 1.91 bits per heavy atom. The van der Waals surface area contributed by atoms with Crippen molar-refractivity contribution in [3.63, 3.8) is 0 Å². The molecule has 0 aromatic heterocycles. The number of carboxylic acid groups (broad SMARTS) is 3. The third-order valence-corrected chi connectivity index (χ3v) is 3.91. The van der Waals surface area contributed by atoms with Gasteiger partial charge in [-0.3, -0.25) is 14.4 Å². The minimum atomic E-state index is -1.06. The molecule has 0 spiro atoms. The predicted octanol–water partition coefficient (Wildman–Crippen LogP) is 0.973. The van der Waals surface area contributed by atoms with Crippen LogP contribution in [0.4, 0.5) is 0 Å². The monoisotopic (exact) mass is 311 g/mol. The zero-order valence-corrected chi connectivity index (χ0v) is 12.5. The molecule has 1 aliphatic heterocycles. The van der Waals surface area contributed by atoms with E-state index in [0.717, 1.165) is 5.57 Å². The molecule has 0 saturated carbocycles. The minimum Gasteiger partial charge on any atom is -0.481 e. The van der Waals surface area contributed by atoms with Crippen molar-refractivity contribution in [1.82, 2.24) is 5.32 Å². The summed E-state index contributed by atoms with van der Waals surface area (Å²) in [5.74, 6) is -4.38. The lowest BCUT2D eigenvalue weighted by Gasteiger charge is -2.20. The fourth-order valence-corrected chi connectivity index (χ4v) is 2.60. The summed E-state index contributed by atoms with van der Waals surface area (Å²) in [4.78, 5) is 32.8. The van der Waals surface area contributed by atoms with Gasteiger partial charge in [-0.2, -0.15) is 0 Å². The molecule has 1 heterocycles. The van der Waals surface area contributed by atoms with Crippen LogP contribution in [0.5, 0.6) is 0 Å². The summed E-state index contributed by atoms with van der Waals surface area (Å²) >= 11 is 0. The molecule has 0 unspecified atom stereocenters. The molecule has 1 aliphatic rings. The quantitative estimate of drug-likeness (QED) is 0.516. The molecule has 0 aliphatic carbocycles. The fraction of sp³-hybridized carbons (Fsp3) is 0.533. The molecule has 4 atom stereocenters. The average Bonchev–Trinajstić information content (AvgIpc) is 2.81.